The Morgan fingerprint density at radius 1 is 0.960 bits per heavy atom. The van der Waals surface area contributed by atoms with Crippen molar-refractivity contribution < 1.29 is 4.79 Å². The van der Waals surface area contributed by atoms with E-state index in [1.807, 2.05) is 18.5 Å². The number of amides is 1. The molecule has 4 nitrogen and oxygen atoms in total. The van der Waals surface area contributed by atoms with Gasteiger partial charge in [0.05, 0.1) is 17.4 Å². The van der Waals surface area contributed by atoms with Crippen LogP contribution in [0.2, 0.25) is 0 Å². The van der Waals surface area contributed by atoms with Gasteiger partial charge in [0.15, 0.2) is 0 Å². The number of fused-ring (bicyclic) bond motifs is 1. The standard InChI is InChI=1S/C21H29N3O/c25-21(23-17-8-4-3-5-9-17)16-12-13-20-19(14-16)22-15-24(20)18-10-6-1-2-7-11-18/h12-15,17-18H,1-11H2,(H,23,25). The SMILES string of the molecule is O=C(NC1CCCCC1)c1ccc2c(c1)ncn2C1CCCCCC1. The molecule has 2 saturated carbocycles. The molecule has 4 rings (SSSR count). The molecule has 0 bridgehead atoms. The molecular weight excluding hydrogens is 310 g/mol. The smallest absolute Gasteiger partial charge is 0.251 e. The third-order valence-electron chi connectivity index (χ3n) is 6.00. The zero-order valence-electron chi connectivity index (χ0n) is 15.0. The molecule has 25 heavy (non-hydrogen) atoms. The van der Waals surface area contributed by atoms with Crippen LogP contribution < -0.4 is 5.32 Å². The molecule has 0 unspecified atom stereocenters. The summed E-state index contributed by atoms with van der Waals surface area (Å²) in [7, 11) is 0. The van der Waals surface area contributed by atoms with E-state index >= 15 is 0 Å². The van der Waals surface area contributed by atoms with Gasteiger partial charge in [-0.05, 0) is 43.9 Å². The van der Waals surface area contributed by atoms with Gasteiger partial charge < -0.3 is 9.88 Å². The number of carbonyl (C=O) groups excluding carboxylic acids is 1. The van der Waals surface area contributed by atoms with E-state index < -0.39 is 0 Å². The molecule has 2 aliphatic rings. The predicted octanol–water partition coefficient (Wildman–Crippen LogP) is 4.99. The van der Waals surface area contributed by atoms with Gasteiger partial charge in [0.25, 0.3) is 5.91 Å². The number of carbonyl (C=O) groups is 1. The highest BCUT2D eigenvalue weighted by molar-refractivity contribution is 5.97. The van der Waals surface area contributed by atoms with Crippen LogP contribution in [0.1, 0.15) is 87.0 Å². The maximum absolute atomic E-state index is 12.6. The zero-order valence-corrected chi connectivity index (χ0v) is 15.0. The molecule has 2 fully saturated rings. The number of nitrogens with zero attached hydrogens (tertiary/aromatic N) is 2. The number of hydrogen-bond donors (Lipinski definition) is 1. The third-order valence-corrected chi connectivity index (χ3v) is 6.00. The first-order valence-corrected chi connectivity index (χ1v) is 10.1. The van der Waals surface area contributed by atoms with E-state index in [1.54, 1.807) is 0 Å². The van der Waals surface area contributed by atoms with Crippen LogP contribution >= 0.6 is 0 Å². The summed E-state index contributed by atoms with van der Waals surface area (Å²) in [5, 5.41) is 3.20. The summed E-state index contributed by atoms with van der Waals surface area (Å²) in [6.07, 6.45) is 15.8. The van der Waals surface area contributed by atoms with Gasteiger partial charge in [0, 0.05) is 17.6 Å². The molecule has 2 aliphatic carbocycles. The van der Waals surface area contributed by atoms with Crippen LogP contribution in [-0.2, 0) is 0 Å². The second-order valence-corrected chi connectivity index (χ2v) is 7.81. The van der Waals surface area contributed by atoms with Gasteiger partial charge in [-0.15, -0.1) is 0 Å². The van der Waals surface area contributed by atoms with E-state index in [2.05, 4.69) is 20.9 Å². The van der Waals surface area contributed by atoms with Crippen molar-refractivity contribution in [2.75, 3.05) is 0 Å². The first-order chi connectivity index (χ1) is 12.3. The van der Waals surface area contributed by atoms with E-state index in [1.165, 1.54) is 63.3 Å². The van der Waals surface area contributed by atoms with E-state index in [0.29, 0.717) is 12.1 Å². The number of imidazole rings is 1. The van der Waals surface area contributed by atoms with E-state index in [9.17, 15) is 4.79 Å². The normalized spacial score (nSPS) is 20.5. The van der Waals surface area contributed by atoms with Crippen molar-refractivity contribution in [3.8, 4) is 0 Å². The van der Waals surface area contributed by atoms with Gasteiger partial charge in [-0.1, -0.05) is 44.9 Å². The summed E-state index contributed by atoms with van der Waals surface area (Å²) in [4.78, 5) is 17.2. The quantitative estimate of drug-likeness (QED) is 0.800. The van der Waals surface area contributed by atoms with Crippen molar-refractivity contribution in [2.24, 2.45) is 0 Å². The summed E-state index contributed by atoms with van der Waals surface area (Å²) in [5.41, 5.74) is 2.85. The van der Waals surface area contributed by atoms with Crippen LogP contribution in [0.5, 0.6) is 0 Å². The average Bonchev–Trinajstić information content (AvgIpc) is 2.87. The minimum atomic E-state index is 0.0535. The average molecular weight is 339 g/mol. The summed E-state index contributed by atoms with van der Waals surface area (Å²) in [6.45, 7) is 0. The van der Waals surface area contributed by atoms with Gasteiger partial charge in [-0.25, -0.2) is 4.98 Å². The van der Waals surface area contributed by atoms with Crippen LogP contribution in [0.3, 0.4) is 0 Å². The number of rotatable bonds is 3. The molecule has 0 atom stereocenters. The fourth-order valence-electron chi connectivity index (χ4n) is 4.52. The van der Waals surface area contributed by atoms with Crippen molar-refractivity contribution in [2.45, 2.75) is 82.7 Å². The minimum absolute atomic E-state index is 0.0535. The van der Waals surface area contributed by atoms with Crippen LogP contribution in [-0.4, -0.2) is 21.5 Å². The highest BCUT2D eigenvalue weighted by Crippen LogP contribution is 2.30. The maximum Gasteiger partial charge on any atom is 0.251 e. The molecule has 1 aromatic heterocycles. The van der Waals surface area contributed by atoms with E-state index in [4.69, 9.17) is 0 Å². The highest BCUT2D eigenvalue weighted by atomic mass is 16.1. The third kappa shape index (κ3) is 3.73. The van der Waals surface area contributed by atoms with Crippen molar-refractivity contribution in [1.29, 1.82) is 0 Å². The molecule has 0 saturated heterocycles. The van der Waals surface area contributed by atoms with Crippen molar-refractivity contribution in [1.82, 2.24) is 14.9 Å². The maximum atomic E-state index is 12.6. The summed E-state index contributed by atoms with van der Waals surface area (Å²) >= 11 is 0. The van der Waals surface area contributed by atoms with E-state index in [-0.39, 0.29) is 5.91 Å². The lowest BCUT2D eigenvalue weighted by atomic mass is 9.95. The number of benzene rings is 1. The van der Waals surface area contributed by atoms with Crippen molar-refractivity contribution >= 4 is 16.9 Å². The molecule has 0 aliphatic heterocycles. The van der Waals surface area contributed by atoms with Gasteiger partial charge in [-0.3, -0.25) is 4.79 Å². The van der Waals surface area contributed by atoms with Gasteiger partial charge in [0.2, 0.25) is 0 Å². The highest BCUT2D eigenvalue weighted by Gasteiger charge is 2.19. The lowest BCUT2D eigenvalue weighted by Crippen LogP contribution is -2.36. The Labute approximate surface area is 150 Å². The van der Waals surface area contributed by atoms with Gasteiger partial charge in [-0.2, -0.15) is 0 Å². The monoisotopic (exact) mass is 339 g/mol. The molecule has 0 radical (unpaired) electrons. The molecule has 1 heterocycles. The van der Waals surface area contributed by atoms with Crippen LogP contribution in [0.4, 0.5) is 0 Å². The summed E-state index contributed by atoms with van der Waals surface area (Å²) in [5.74, 6) is 0.0535. The Balaban J connectivity index is 1.51. The van der Waals surface area contributed by atoms with Crippen molar-refractivity contribution in [3.63, 3.8) is 0 Å². The number of hydrogen-bond acceptors (Lipinski definition) is 2. The lowest BCUT2D eigenvalue weighted by molar-refractivity contribution is 0.0928. The zero-order chi connectivity index (χ0) is 17.1. The Bertz CT molecular complexity index is 722. The largest absolute Gasteiger partial charge is 0.349 e. The molecule has 1 aromatic carbocycles. The van der Waals surface area contributed by atoms with Gasteiger partial charge >= 0.3 is 0 Å². The fourth-order valence-corrected chi connectivity index (χ4v) is 4.52. The molecular formula is C21H29N3O. The van der Waals surface area contributed by atoms with Crippen molar-refractivity contribution in [3.05, 3.63) is 30.1 Å². The van der Waals surface area contributed by atoms with Crippen LogP contribution in [0.15, 0.2) is 24.5 Å². The topological polar surface area (TPSA) is 46.9 Å². The first kappa shape index (κ1) is 16.6. The number of aromatic nitrogens is 2. The fraction of sp³-hybridized carbons (Fsp3) is 0.619. The summed E-state index contributed by atoms with van der Waals surface area (Å²) < 4.78 is 2.34. The van der Waals surface area contributed by atoms with Crippen LogP contribution in [0.25, 0.3) is 11.0 Å². The Kier molecular flexibility index (Phi) is 5.04. The van der Waals surface area contributed by atoms with Gasteiger partial charge in [0.1, 0.15) is 0 Å². The minimum Gasteiger partial charge on any atom is -0.349 e. The Hall–Kier alpha value is -1.84. The Morgan fingerprint density at radius 3 is 2.40 bits per heavy atom. The molecule has 2 aromatic rings. The second-order valence-electron chi connectivity index (χ2n) is 7.81. The molecule has 4 heteroatoms. The first-order valence-electron chi connectivity index (χ1n) is 10.1. The molecule has 134 valence electrons. The predicted molar refractivity (Wildman–Crippen MR) is 101 cm³/mol. The second kappa shape index (κ2) is 7.59. The molecule has 0 spiro atoms. The molecule has 1 amide bonds. The van der Waals surface area contributed by atoms with E-state index in [0.717, 1.165) is 23.9 Å². The lowest BCUT2D eigenvalue weighted by Gasteiger charge is -2.22. The molecule has 1 N–H and O–H groups in total. The number of nitrogens with one attached hydrogen (secondary N) is 1. The van der Waals surface area contributed by atoms with Crippen LogP contribution in [0, 0.1) is 0 Å². The summed E-state index contributed by atoms with van der Waals surface area (Å²) in [6, 6.07) is 6.92. The Morgan fingerprint density at radius 2 is 1.64 bits per heavy atom.